The van der Waals surface area contributed by atoms with E-state index in [1.54, 1.807) is 18.4 Å². The SMILES string of the molecule is CCc1nc(NCC2(OC)CCOCC2)c2ccsc2n1. The fraction of sp³-hybridized carbons (Fsp3) is 0.600. The lowest BCUT2D eigenvalue weighted by molar-refractivity contribution is -0.0807. The second kappa shape index (κ2) is 6.25. The summed E-state index contributed by atoms with van der Waals surface area (Å²) >= 11 is 1.65. The van der Waals surface area contributed by atoms with E-state index >= 15 is 0 Å². The number of hydrogen-bond donors (Lipinski definition) is 1. The van der Waals surface area contributed by atoms with Gasteiger partial charge in [-0.05, 0) is 11.4 Å². The second-order valence-corrected chi connectivity index (χ2v) is 6.23. The van der Waals surface area contributed by atoms with E-state index in [-0.39, 0.29) is 5.60 Å². The van der Waals surface area contributed by atoms with Crippen LogP contribution in [0.15, 0.2) is 11.4 Å². The van der Waals surface area contributed by atoms with Gasteiger partial charge in [-0.25, -0.2) is 9.97 Å². The maximum Gasteiger partial charge on any atom is 0.138 e. The Morgan fingerprint density at radius 3 is 2.90 bits per heavy atom. The maximum atomic E-state index is 5.77. The molecule has 1 N–H and O–H groups in total. The molecule has 0 bridgehead atoms. The molecule has 0 spiro atoms. The molecule has 2 aromatic heterocycles. The summed E-state index contributed by atoms with van der Waals surface area (Å²) < 4.78 is 11.2. The number of thiophene rings is 1. The molecule has 0 atom stereocenters. The standard InChI is InChI=1S/C15H21N3O2S/c1-3-12-17-13(11-4-9-21-14(11)18-12)16-10-15(19-2)5-7-20-8-6-15/h4,9H,3,5-8,10H2,1-2H3,(H,16,17,18). The first-order valence-corrected chi connectivity index (χ1v) is 8.25. The smallest absolute Gasteiger partial charge is 0.138 e. The average molecular weight is 307 g/mol. The van der Waals surface area contributed by atoms with Crippen molar-refractivity contribution < 1.29 is 9.47 Å². The first-order chi connectivity index (χ1) is 10.3. The van der Waals surface area contributed by atoms with Crippen LogP contribution in [-0.2, 0) is 15.9 Å². The monoisotopic (exact) mass is 307 g/mol. The Bertz CT molecular complexity index is 608. The number of methoxy groups -OCH3 is 1. The first kappa shape index (κ1) is 14.7. The lowest BCUT2D eigenvalue weighted by atomic mass is 9.94. The molecule has 0 unspecified atom stereocenters. The molecule has 0 saturated carbocycles. The minimum absolute atomic E-state index is 0.155. The van der Waals surface area contributed by atoms with Crippen molar-refractivity contribution in [3.63, 3.8) is 0 Å². The zero-order valence-electron chi connectivity index (χ0n) is 12.5. The van der Waals surface area contributed by atoms with Gasteiger partial charge in [-0.1, -0.05) is 6.92 Å². The zero-order chi connectivity index (χ0) is 14.7. The second-order valence-electron chi connectivity index (χ2n) is 5.33. The van der Waals surface area contributed by atoms with Crippen molar-refractivity contribution >= 4 is 27.4 Å². The van der Waals surface area contributed by atoms with Gasteiger partial charge in [0, 0.05) is 46.1 Å². The molecule has 0 amide bonds. The fourth-order valence-corrected chi connectivity index (χ4v) is 3.42. The maximum absolute atomic E-state index is 5.77. The van der Waals surface area contributed by atoms with E-state index in [4.69, 9.17) is 9.47 Å². The lowest BCUT2D eigenvalue weighted by Crippen LogP contribution is -2.44. The van der Waals surface area contributed by atoms with E-state index in [0.29, 0.717) is 0 Å². The number of nitrogens with zero attached hydrogens (tertiary/aromatic N) is 2. The van der Waals surface area contributed by atoms with Crippen molar-refractivity contribution in [2.45, 2.75) is 31.8 Å². The van der Waals surface area contributed by atoms with Gasteiger partial charge in [0.25, 0.3) is 0 Å². The van der Waals surface area contributed by atoms with Crippen molar-refractivity contribution in [2.75, 3.05) is 32.2 Å². The molecular formula is C15H21N3O2S. The Balaban J connectivity index is 1.82. The minimum Gasteiger partial charge on any atom is -0.381 e. The average Bonchev–Trinajstić information content (AvgIpc) is 3.02. The summed E-state index contributed by atoms with van der Waals surface area (Å²) in [6.45, 7) is 4.34. The Labute approximate surface area is 128 Å². The number of fused-ring (bicyclic) bond motifs is 1. The van der Waals surface area contributed by atoms with Gasteiger partial charge >= 0.3 is 0 Å². The van der Waals surface area contributed by atoms with Crippen LogP contribution in [0.1, 0.15) is 25.6 Å². The molecule has 21 heavy (non-hydrogen) atoms. The largest absolute Gasteiger partial charge is 0.381 e. The van der Waals surface area contributed by atoms with Crippen LogP contribution in [0.4, 0.5) is 5.82 Å². The lowest BCUT2D eigenvalue weighted by Gasteiger charge is -2.36. The molecule has 1 aliphatic heterocycles. The van der Waals surface area contributed by atoms with Gasteiger partial charge < -0.3 is 14.8 Å². The van der Waals surface area contributed by atoms with Gasteiger partial charge in [-0.3, -0.25) is 0 Å². The van der Waals surface area contributed by atoms with Crippen LogP contribution in [0.2, 0.25) is 0 Å². The Hall–Kier alpha value is -1.24. The molecule has 1 saturated heterocycles. The molecule has 0 aliphatic carbocycles. The molecule has 5 nitrogen and oxygen atoms in total. The molecule has 6 heteroatoms. The zero-order valence-corrected chi connectivity index (χ0v) is 13.3. The van der Waals surface area contributed by atoms with Gasteiger partial charge in [0.05, 0.1) is 11.0 Å². The summed E-state index contributed by atoms with van der Waals surface area (Å²) in [6, 6.07) is 2.07. The topological polar surface area (TPSA) is 56.3 Å². The highest BCUT2D eigenvalue weighted by molar-refractivity contribution is 7.16. The summed E-state index contributed by atoms with van der Waals surface area (Å²) in [5, 5.41) is 6.64. The van der Waals surface area contributed by atoms with Crippen molar-refractivity contribution in [2.24, 2.45) is 0 Å². The summed E-state index contributed by atoms with van der Waals surface area (Å²) in [7, 11) is 1.78. The Kier molecular flexibility index (Phi) is 4.37. The minimum atomic E-state index is -0.155. The van der Waals surface area contributed by atoms with Gasteiger partial charge in [-0.2, -0.15) is 0 Å². The molecule has 1 fully saturated rings. The third-order valence-corrected chi connectivity index (χ3v) is 4.91. The van der Waals surface area contributed by atoms with E-state index in [0.717, 1.165) is 60.9 Å². The predicted molar refractivity (Wildman–Crippen MR) is 85.1 cm³/mol. The first-order valence-electron chi connectivity index (χ1n) is 7.37. The fourth-order valence-electron chi connectivity index (χ4n) is 2.63. The van der Waals surface area contributed by atoms with E-state index < -0.39 is 0 Å². The number of nitrogens with one attached hydrogen (secondary N) is 1. The number of ether oxygens (including phenoxy) is 2. The summed E-state index contributed by atoms with van der Waals surface area (Å²) in [5.74, 6) is 1.80. The van der Waals surface area contributed by atoms with Gasteiger partial charge in [0.1, 0.15) is 16.5 Å². The van der Waals surface area contributed by atoms with Crippen LogP contribution in [0, 0.1) is 0 Å². The third kappa shape index (κ3) is 3.02. The Morgan fingerprint density at radius 2 is 2.19 bits per heavy atom. The number of aromatic nitrogens is 2. The number of aryl methyl sites for hydroxylation is 1. The van der Waals surface area contributed by atoms with E-state index in [9.17, 15) is 0 Å². The quantitative estimate of drug-likeness (QED) is 0.920. The molecular weight excluding hydrogens is 286 g/mol. The summed E-state index contributed by atoms with van der Waals surface area (Å²) in [5.41, 5.74) is -0.155. The van der Waals surface area contributed by atoms with Crippen molar-refractivity contribution in [1.29, 1.82) is 0 Å². The van der Waals surface area contributed by atoms with Crippen molar-refractivity contribution in [3.8, 4) is 0 Å². The summed E-state index contributed by atoms with van der Waals surface area (Å²) in [6.07, 6.45) is 2.66. The number of hydrogen-bond acceptors (Lipinski definition) is 6. The molecule has 1 aliphatic rings. The number of anilines is 1. The van der Waals surface area contributed by atoms with Crippen LogP contribution >= 0.6 is 11.3 Å². The van der Waals surface area contributed by atoms with Gasteiger partial charge in [0.2, 0.25) is 0 Å². The van der Waals surface area contributed by atoms with Crippen LogP contribution in [0.3, 0.4) is 0 Å². The summed E-state index contributed by atoms with van der Waals surface area (Å²) in [4.78, 5) is 10.2. The predicted octanol–water partition coefficient (Wildman–Crippen LogP) is 2.86. The molecule has 3 heterocycles. The highest BCUT2D eigenvalue weighted by Crippen LogP contribution is 2.28. The van der Waals surface area contributed by atoms with E-state index in [2.05, 4.69) is 33.7 Å². The molecule has 114 valence electrons. The van der Waals surface area contributed by atoms with Crippen LogP contribution in [0.25, 0.3) is 10.2 Å². The van der Waals surface area contributed by atoms with Crippen LogP contribution in [-0.4, -0.2) is 42.4 Å². The molecule has 0 aromatic carbocycles. The third-order valence-electron chi connectivity index (χ3n) is 4.10. The Morgan fingerprint density at radius 1 is 1.38 bits per heavy atom. The van der Waals surface area contributed by atoms with Crippen LogP contribution < -0.4 is 5.32 Å². The van der Waals surface area contributed by atoms with Crippen molar-refractivity contribution in [3.05, 3.63) is 17.3 Å². The van der Waals surface area contributed by atoms with Crippen LogP contribution in [0.5, 0.6) is 0 Å². The number of rotatable bonds is 5. The normalized spacial score (nSPS) is 18.0. The van der Waals surface area contributed by atoms with E-state index in [1.165, 1.54) is 0 Å². The van der Waals surface area contributed by atoms with Crippen molar-refractivity contribution in [1.82, 2.24) is 9.97 Å². The van der Waals surface area contributed by atoms with Gasteiger partial charge in [-0.15, -0.1) is 11.3 Å². The molecule has 3 rings (SSSR count). The van der Waals surface area contributed by atoms with Gasteiger partial charge in [0.15, 0.2) is 0 Å². The highest BCUT2D eigenvalue weighted by Gasteiger charge is 2.32. The highest BCUT2D eigenvalue weighted by atomic mass is 32.1. The molecule has 0 radical (unpaired) electrons. The van der Waals surface area contributed by atoms with E-state index in [1.807, 2.05) is 0 Å². The molecule has 2 aromatic rings.